The zero-order valence-corrected chi connectivity index (χ0v) is 13.5. The average molecular weight is 286 g/mol. The highest BCUT2D eigenvalue weighted by Gasteiger charge is 2.55. The lowest BCUT2D eigenvalue weighted by Gasteiger charge is -2.54. The SMILES string of the molecule is CCCC(O)(CCC)[C@]1(C)CC[C@@H](C(=O)O)C(C)(C)O1. The molecule has 4 heteroatoms. The predicted octanol–water partition coefficient (Wildman–Crippen LogP) is 3.37. The second-order valence-electron chi connectivity index (χ2n) is 6.90. The molecule has 2 atom stereocenters. The van der Waals surface area contributed by atoms with Crippen LogP contribution in [0.4, 0.5) is 0 Å². The molecule has 1 rings (SSSR count). The molecule has 1 saturated heterocycles. The molecule has 0 saturated carbocycles. The number of carbonyl (C=O) groups is 1. The van der Waals surface area contributed by atoms with Gasteiger partial charge < -0.3 is 14.9 Å². The second-order valence-corrected chi connectivity index (χ2v) is 6.90. The summed E-state index contributed by atoms with van der Waals surface area (Å²) >= 11 is 0. The van der Waals surface area contributed by atoms with E-state index in [9.17, 15) is 15.0 Å². The highest BCUT2D eigenvalue weighted by atomic mass is 16.5. The summed E-state index contributed by atoms with van der Waals surface area (Å²) < 4.78 is 6.17. The largest absolute Gasteiger partial charge is 0.481 e. The maximum Gasteiger partial charge on any atom is 0.309 e. The Kier molecular flexibility index (Phi) is 5.25. The number of ether oxygens (including phenoxy) is 1. The Morgan fingerprint density at radius 1 is 1.25 bits per heavy atom. The first-order chi connectivity index (χ1) is 9.12. The molecule has 2 N–H and O–H groups in total. The summed E-state index contributed by atoms with van der Waals surface area (Å²) in [6.45, 7) is 9.69. The van der Waals surface area contributed by atoms with E-state index in [1.54, 1.807) is 0 Å². The summed E-state index contributed by atoms with van der Waals surface area (Å²) in [5.41, 5.74) is -2.31. The zero-order chi connectivity index (χ0) is 15.6. The van der Waals surface area contributed by atoms with E-state index in [1.807, 2.05) is 20.8 Å². The molecule has 0 spiro atoms. The molecule has 0 aromatic heterocycles. The van der Waals surface area contributed by atoms with Crippen molar-refractivity contribution in [3.63, 3.8) is 0 Å². The predicted molar refractivity (Wildman–Crippen MR) is 78.7 cm³/mol. The first-order valence-electron chi connectivity index (χ1n) is 7.77. The first kappa shape index (κ1) is 17.4. The van der Waals surface area contributed by atoms with Crippen LogP contribution in [0.25, 0.3) is 0 Å². The number of aliphatic carboxylic acids is 1. The van der Waals surface area contributed by atoms with Gasteiger partial charge in [-0.3, -0.25) is 4.79 Å². The quantitative estimate of drug-likeness (QED) is 0.785. The van der Waals surface area contributed by atoms with E-state index in [2.05, 4.69) is 13.8 Å². The Balaban J connectivity index is 3.02. The summed E-state index contributed by atoms with van der Waals surface area (Å²) in [6.07, 6.45) is 4.28. The van der Waals surface area contributed by atoms with Gasteiger partial charge in [0.1, 0.15) is 0 Å². The van der Waals surface area contributed by atoms with Crippen molar-refractivity contribution in [2.45, 2.75) is 89.9 Å². The van der Waals surface area contributed by atoms with E-state index in [4.69, 9.17) is 4.74 Å². The molecule has 1 aliphatic heterocycles. The van der Waals surface area contributed by atoms with Crippen LogP contribution in [-0.2, 0) is 9.53 Å². The topological polar surface area (TPSA) is 66.8 Å². The maximum absolute atomic E-state index is 11.3. The third-order valence-corrected chi connectivity index (χ3v) is 4.85. The highest BCUT2D eigenvalue weighted by molar-refractivity contribution is 5.71. The molecule has 1 aliphatic rings. The molecule has 118 valence electrons. The fraction of sp³-hybridized carbons (Fsp3) is 0.938. The van der Waals surface area contributed by atoms with Crippen molar-refractivity contribution in [1.82, 2.24) is 0 Å². The lowest BCUT2D eigenvalue weighted by molar-refractivity contribution is -0.267. The molecular weight excluding hydrogens is 256 g/mol. The Labute approximate surface area is 122 Å². The fourth-order valence-electron chi connectivity index (χ4n) is 3.70. The van der Waals surface area contributed by atoms with Crippen molar-refractivity contribution in [3.05, 3.63) is 0 Å². The van der Waals surface area contributed by atoms with Crippen molar-refractivity contribution in [3.8, 4) is 0 Å². The van der Waals surface area contributed by atoms with Crippen molar-refractivity contribution >= 4 is 5.97 Å². The molecule has 20 heavy (non-hydrogen) atoms. The van der Waals surface area contributed by atoms with Crippen LogP contribution >= 0.6 is 0 Å². The van der Waals surface area contributed by atoms with E-state index < -0.39 is 28.7 Å². The Bertz CT molecular complexity index is 344. The van der Waals surface area contributed by atoms with Gasteiger partial charge in [0.15, 0.2) is 0 Å². The summed E-state index contributed by atoms with van der Waals surface area (Å²) in [6, 6.07) is 0. The van der Waals surface area contributed by atoms with Crippen LogP contribution in [0.1, 0.15) is 73.1 Å². The van der Waals surface area contributed by atoms with Gasteiger partial charge in [-0.15, -0.1) is 0 Å². The number of carboxylic acids is 1. The van der Waals surface area contributed by atoms with Gasteiger partial charge in [0, 0.05) is 0 Å². The van der Waals surface area contributed by atoms with Gasteiger partial charge in [-0.25, -0.2) is 0 Å². The van der Waals surface area contributed by atoms with Gasteiger partial charge in [-0.1, -0.05) is 26.7 Å². The fourth-order valence-corrected chi connectivity index (χ4v) is 3.70. The molecule has 0 radical (unpaired) electrons. The van der Waals surface area contributed by atoms with Crippen LogP contribution in [0.15, 0.2) is 0 Å². The number of carboxylic acid groups (broad SMARTS) is 1. The van der Waals surface area contributed by atoms with Crippen LogP contribution in [0.2, 0.25) is 0 Å². The Morgan fingerprint density at radius 3 is 2.10 bits per heavy atom. The first-order valence-corrected chi connectivity index (χ1v) is 7.77. The molecule has 0 bridgehead atoms. The van der Waals surface area contributed by atoms with Gasteiger partial charge in [0.05, 0.1) is 22.7 Å². The molecule has 0 unspecified atom stereocenters. The monoisotopic (exact) mass is 286 g/mol. The molecule has 1 heterocycles. The average Bonchev–Trinajstić information content (AvgIpc) is 2.27. The minimum absolute atomic E-state index is 0.511. The van der Waals surface area contributed by atoms with Crippen molar-refractivity contribution in [2.24, 2.45) is 5.92 Å². The summed E-state index contributed by atoms with van der Waals surface area (Å²) in [5, 5.41) is 20.4. The van der Waals surface area contributed by atoms with Gasteiger partial charge >= 0.3 is 5.97 Å². The van der Waals surface area contributed by atoms with Gasteiger partial charge in [0.2, 0.25) is 0 Å². The van der Waals surface area contributed by atoms with E-state index in [0.717, 1.165) is 12.8 Å². The van der Waals surface area contributed by atoms with Crippen LogP contribution < -0.4 is 0 Å². The summed E-state index contributed by atoms with van der Waals surface area (Å²) in [4.78, 5) is 11.3. The Hall–Kier alpha value is -0.610. The smallest absolute Gasteiger partial charge is 0.309 e. The third-order valence-electron chi connectivity index (χ3n) is 4.85. The summed E-state index contributed by atoms with van der Waals surface area (Å²) in [5.74, 6) is -1.32. The van der Waals surface area contributed by atoms with E-state index >= 15 is 0 Å². The van der Waals surface area contributed by atoms with Gasteiger partial charge in [-0.05, 0) is 46.5 Å². The van der Waals surface area contributed by atoms with Gasteiger partial charge in [-0.2, -0.15) is 0 Å². The van der Waals surface area contributed by atoms with Crippen LogP contribution in [-0.4, -0.2) is 33.0 Å². The molecule has 0 aromatic carbocycles. The van der Waals surface area contributed by atoms with E-state index in [1.165, 1.54) is 0 Å². The molecule has 0 aliphatic carbocycles. The van der Waals surface area contributed by atoms with Crippen molar-refractivity contribution in [1.29, 1.82) is 0 Å². The van der Waals surface area contributed by atoms with Crippen molar-refractivity contribution < 1.29 is 19.7 Å². The van der Waals surface area contributed by atoms with Crippen LogP contribution in [0, 0.1) is 5.92 Å². The lowest BCUT2D eigenvalue weighted by atomic mass is 9.69. The standard InChI is InChI=1S/C16H30O4/c1-6-9-16(19,10-7-2)15(5)11-8-12(13(17)18)14(3,4)20-15/h12,19H,6-11H2,1-5H3,(H,17,18)/t12-,15-/m0/s1. The number of hydrogen-bond acceptors (Lipinski definition) is 3. The Morgan fingerprint density at radius 2 is 1.75 bits per heavy atom. The zero-order valence-electron chi connectivity index (χ0n) is 13.5. The minimum Gasteiger partial charge on any atom is -0.481 e. The molecule has 0 amide bonds. The maximum atomic E-state index is 11.3. The highest BCUT2D eigenvalue weighted by Crippen LogP contribution is 2.47. The minimum atomic E-state index is -0.878. The number of rotatable bonds is 6. The van der Waals surface area contributed by atoms with Gasteiger partial charge in [0.25, 0.3) is 0 Å². The molecule has 4 nitrogen and oxygen atoms in total. The normalized spacial score (nSPS) is 30.2. The van der Waals surface area contributed by atoms with E-state index in [0.29, 0.717) is 25.7 Å². The van der Waals surface area contributed by atoms with Crippen LogP contribution in [0.3, 0.4) is 0 Å². The van der Waals surface area contributed by atoms with Crippen LogP contribution in [0.5, 0.6) is 0 Å². The third kappa shape index (κ3) is 3.17. The molecular formula is C16H30O4. The van der Waals surface area contributed by atoms with E-state index in [-0.39, 0.29) is 0 Å². The lowest BCUT2D eigenvalue weighted by Crippen LogP contribution is -2.62. The number of hydrogen-bond donors (Lipinski definition) is 2. The van der Waals surface area contributed by atoms with Crippen molar-refractivity contribution in [2.75, 3.05) is 0 Å². The molecule has 1 fully saturated rings. The second kappa shape index (κ2) is 6.02. The molecule has 0 aromatic rings. The number of aliphatic hydroxyl groups is 1. The summed E-state index contributed by atoms with van der Waals surface area (Å²) in [7, 11) is 0.